The van der Waals surface area contributed by atoms with Crippen LogP contribution in [0.15, 0.2) is 36.4 Å². The van der Waals surface area contributed by atoms with Crippen LogP contribution < -0.4 is 9.47 Å². The zero-order valence-electron chi connectivity index (χ0n) is 9.23. The van der Waals surface area contributed by atoms with Crippen LogP contribution >= 0.6 is 0 Å². The van der Waals surface area contributed by atoms with E-state index in [-0.39, 0.29) is 17.1 Å². The Morgan fingerprint density at radius 1 is 1.24 bits per heavy atom. The second-order valence-corrected chi connectivity index (χ2v) is 3.52. The average molecular weight is 230 g/mol. The zero-order chi connectivity index (χ0) is 12.4. The normalized spacial score (nSPS) is 17.8. The number of fused-ring (bicyclic) bond motifs is 1. The summed E-state index contributed by atoms with van der Waals surface area (Å²) in [6.45, 7) is 5.10. The van der Waals surface area contributed by atoms with E-state index in [1.165, 1.54) is 13.0 Å². The molecule has 0 saturated heterocycles. The van der Waals surface area contributed by atoms with Crippen LogP contribution in [-0.4, -0.2) is 11.9 Å². The lowest BCUT2D eigenvalue weighted by molar-refractivity contribution is -0.134. The van der Waals surface area contributed by atoms with Crippen molar-refractivity contribution in [3.05, 3.63) is 42.0 Å². The quantitative estimate of drug-likeness (QED) is 0.547. The molecule has 1 aromatic carbocycles. The number of ether oxygens (including phenoxy) is 2. The number of rotatable bonds is 1. The van der Waals surface area contributed by atoms with Crippen molar-refractivity contribution in [2.24, 2.45) is 0 Å². The van der Waals surface area contributed by atoms with E-state index in [1.54, 1.807) is 18.2 Å². The molecule has 0 aromatic heterocycles. The van der Waals surface area contributed by atoms with Gasteiger partial charge in [-0.25, -0.2) is 9.59 Å². The van der Waals surface area contributed by atoms with Gasteiger partial charge in [0.25, 0.3) is 0 Å². The lowest BCUT2D eigenvalue weighted by Gasteiger charge is -2.14. The Morgan fingerprint density at radius 3 is 2.71 bits per heavy atom. The van der Waals surface area contributed by atoms with Crippen LogP contribution in [0.25, 0.3) is 6.08 Å². The maximum absolute atomic E-state index is 11.6. The molecule has 0 radical (unpaired) electrons. The molecule has 0 N–H and O–H groups in total. The minimum Gasteiger partial charge on any atom is -0.419 e. The molecule has 0 fully saturated rings. The van der Waals surface area contributed by atoms with Crippen molar-refractivity contribution in [2.75, 3.05) is 0 Å². The summed E-state index contributed by atoms with van der Waals surface area (Å²) < 4.78 is 10.2. The number of esters is 2. The van der Waals surface area contributed by atoms with Gasteiger partial charge in [-0.3, -0.25) is 0 Å². The van der Waals surface area contributed by atoms with Crippen molar-refractivity contribution in [2.45, 2.75) is 6.92 Å². The number of carbonyl (C=O) groups excluding carboxylic acids is 2. The molecule has 0 saturated carbocycles. The first-order chi connectivity index (χ1) is 8.11. The predicted molar refractivity (Wildman–Crippen MR) is 61.6 cm³/mol. The molecule has 0 unspecified atom stereocenters. The standard InChI is InChI=1S/C13H10O4/c1-3-9-5-4-6-10-12(9)17-11(14)7-8(2)13(15)16-10/h3-7H,1H2,2H3/b8-7-. The van der Waals surface area contributed by atoms with Gasteiger partial charge in [-0.05, 0) is 13.0 Å². The number of benzene rings is 1. The van der Waals surface area contributed by atoms with E-state index < -0.39 is 11.9 Å². The van der Waals surface area contributed by atoms with Crippen LogP contribution in [0, 0.1) is 0 Å². The third-order valence-corrected chi connectivity index (χ3v) is 2.29. The van der Waals surface area contributed by atoms with Gasteiger partial charge in [0.15, 0.2) is 11.5 Å². The van der Waals surface area contributed by atoms with Gasteiger partial charge >= 0.3 is 11.9 Å². The molecule has 1 aromatic rings. The maximum atomic E-state index is 11.6. The lowest BCUT2D eigenvalue weighted by atomic mass is 10.1. The van der Waals surface area contributed by atoms with E-state index >= 15 is 0 Å². The van der Waals surface area contributed by atoms with Crippen molar-refractivity contribution in [1.82, 2.24) is 0 Å². The van der Waals surface area contributed by atoms with Gasteiger partial charge in [0.1, 0.15) is 0 Å². The summed E-state index contributed by atoms with van der Waals surface area (Å²) in [5.41, 5.74) is 0.793. The summed E-state index contributed by atoms with van der Waals surface area (Å²) in [6.07, 6.45) is 2.63. The maximum Gasteiger partial charge on any atom is 0.339 e. The second-order valence-electron chi connectivity index (χ2n) is 3.52. The molecular formula is C13H10O4. The fourth-order valence-corrected chi connectivity index (χ4v) is 1.43. The molecule has 4 nitrogen and oxygen atoms in total. The first-order valence-corrected chi connectivity index (χ1v) is 4.99. The number of hydrogen-bond donors (Lipinski definition) is 0. The van der Waals surface area contributed by atoms with Gasteiger partial charge < -0.3 is 9.47 Å². The first-order valence-electron chi connectivity index (χ1n) is 4.99. The van der Waals surface area contributed by atoms with E-state index in [0.29, 0.717) is 5.56 Å². The lowest BCUT2D eigenvalue weighted by Crippen LogP contribution is -2.17. The summed E-state index contributed by atoms with van der Waals surface area (Å²) in [5.74, 6) is -0.739. The molecular weight excluding hydrogens is 220 g/mol. The van der Waals surface area contributed by atoms with Crippen LogP contribution in [0.4, 0.5) is 0 Å². The van der Waals surface area contributed by atoms with E-state index in [4.69, 9.17) is 9.47 Å². The fraction of sp³-hybridized carbons (Fsp3) is 0.0769. The Hall–Kier alpha value is -2.36. The second kappa shape index (κ2) is 4.25. The third-order valence-electron chi connectivity index (χ3n) is 2.29. The summed E-state index contributed by atoms with van der Waals surface area (Å²) in [4.78, 5) is 23.0. The Kier molecular flexibility index (Phi) is 2.78. The Bertz CT molecular complexity index is 540. The number of para-hydroxylation sites is 1. The first kappa shape index (κ1) is 11.1. The highest BCUT2D eigenvalue weighted by Gasteiger charge is 2.20. The molecule has 1 aliphatic rings. The van der Waals surface area contributed by atoms with Crippen molar-refractivity contribution in [1.29, 1.82) is 0 Å². The summed E-state index contributed by atoms with van der Waals surface area (Å²) in [7, 11) is 0. The topological polar surface area (TPSA) is 52.6 Å². The molecule has 1 aliphatic heterocycles. The van der Waals surface area contributed by atoms with Gasteiger partial charge in [0, 0.05) is 17.2 Å². The monoisotopic (exact) mass is 230 g/mol. The van der Waals surface area contributed by atoms with Gasteiger partial charge in [-0.2, -0.15) is 0 Å². The number of carbonyl (C=O) groups is 2. The highest BCUT2D eigenvalue weighted by Crippen LogP contribution is 2.33. The molecule has 86 valence electrons. The molecule has 17 heavy (non-hydrogen) atoms. The molecule has 0 amide bonds. The number of hydrogen-bond acceptors (Lipinski definition) is 4. The minimum atomic E-state index is -0.602. The van der Waals surface area contributed by atoms with Crippen molar-refractivity contribution in [3.8, 4) is 11.5 Å². The summed E-state index contributed by atoms with van der Waals surface area (Å²) in [5, 5.41) is 0. The molecule has 1 heterocycles. The van der Waals surface area contributed by atoms with Gasteiger partial charge in [-0.1, -0.05) is 24.8 Å². The van der Waals surface area contributed by atoms with Crippen LogP contribution in [-0.2, 0) is 9.59 Å². The molecule has 2 rings (SSSR count). The highest BCUT2D eigenvalue weighted by atomic mass is 16.6. The zero-order valence-corrected chi connectivity index (χ0v) is 9.23. The Morgan fingerprint density at radius 2 is 2.00 bits per heavy atom. The third kappa shape index (κ3) is 2.10. The van der Waals surface area contributed by atoms with E-state index in [2.05, 4.69) is 6.58 Å². The van der Waals surface area contributed by atoms with Gasteiger partial charge in [0.05, 0.1) is 0 Å². The Balaban J connectivity index is 2.56. The Labute approximate surface area is 98.2 Å². The van der Waals surface area contributed by atoms with Crippen LogP contribution in [0.1, 0.15) is 12.5 Å². The molecule has 4 heteroatoms. The summed E-state index contributed by atoms with van der Waals surface area (Å²) in [6, 6.07) is 4.97. The minimum absolute atomic E-state index is 0.199. The van der Waals surface area contributed by atoms with E-state index in [1.807, 2.05) is 0 Å². The van der Waals surface area contributed by atoms with Gasteiger partial charge in [-0.15, -0.1) is 0 Å². The van der Waals surface area contributed by atoms with E-state index in [0.717, 1.165) is 6.08 Å². The largest absolute Gasteiger partial charge is 0.419 e. The highest BCUT2D eigenvalue weighted by molar-refractivity contribution is 5.99. The van der Waals surface area contributed by atoms with E-state index in [9.17, 15) is 9.59 Å². The molecule has 0 bridgehead atoms. The smallest absolute Gasteiger partial charge is 0.339 e. The predicted octanol–water partition coefficient (Wildman–Crippen LogP) is 2.10. The van der Waals surface area contributed by atoms with Crippen molar-refractivity contribution >= 4 is 18.0 Å². The van der Waals surface area contributed by atoms with Crippen LogP contribution in [0.3, 0.4) is 0 Å². The van der Waals surface area contributed by atoms with Crippen molar-refractivity contribution < 1.29 is 19.1 Å². The summed E-state index contributed by atoms with van der Waals surface area (Å²) >= 11 is 0. The van der Waals surface area contributed by atoms with Crippen LogP contribution in [0.5, 0.6) is 11.5 Å². The van der Waals surface area contributed by atoms with Crippen molar-refractivity contribution in [3.63, 3.8) is 0 Å². The molecule has 0 spiro atoms. The molecule has 0 aliphatic carbocycles. The fourth-order valence-electron chi connectivity index (χ4n) is 1.43. The van der Waals surface area contributed by atoms with Gasteiger partial charge in [0.2, 0.25) is 0 Å². The van der Waals surface area contributed by atoms with Crippen LogP contribution in [0.2, 0.25) is 0 Å². The molecule has 0 atom stereocenters. The average Bonchev–Trinajstić information content (AvgIpc) is 2.29. The SMILES string of the molecule is C=Cc1cccc2c1OC(=O)/C=C(/C)C(=O)O2.